The molecule has 0 nitrogen and oxygen atoms in total. The van der Waals surface area contributed by atoms with Crippen LogP contribution >= 0.6 is 0 Å². The van der Waals surface area contributed by atoms with E-state index in [0.717, 1.165) is 19.3 Å². The van der Waals surface area contributed by atoms with E-state index in [-0.39, 0.29) is 32.7 Å². The Balaban J connectivity index is 0.000000810. The van der Waals surface area contributed by atoms with Crippen LogP contribution in [0.2, 0.25) is 0 Å². The summed E-state index contributed by atoms with van der Waals surface area (Å²) < 4.78 is 0. The van der Waals surface area contributed by atoms with Crippen LogP contribution in [0.15, 0.2) is 23.3 Å². The molecular formula is C9H12Y-2. The number of hydrogen-bond donors (Lipinski definition) is 0. The maximum atomic E-state index is 3.90. The molecule has 53 valence electrons. The first kappa shape index (κ1) is 10.5. The van der Waals surface area contributed by atoms with E-state index in [1.807, 2.05) is 0 Å². The predicted molar refractivity (Wildman–Crippen MR) is 40.7 cm³/mol. The van der Waals surface area contributed by atoms with Gasteiger partial charge in [0.15, 0.2) is 0 Å². The van der Waals surface area contributed by atoms with Crippen molar-refractivity contribution in [1.29, 1.82) is 0 Å². The van der Waals surface area contributed by atoms with Crippen LogP contribution < -0.4 is 0 Å². The Kier molecular flexibility index (Phi) is 5.38. The minimum absolute atomic E-state index is 0. The average Bonchev–Trinajstić information content (AvgIpc) is 2.18. The summed E-state index contributed by atoms with van der Waals surface area (Å²) in [5, 5.41) is 0. The molecule has 0 saturated carbocycles. The zero-order chi connectivity index (χ0) is 6.69. The molecule has 0 fully saturated rings. The van der Waals surface area contributed by atoms with E-state index < -0.39 is 0 Å². The first-order chi connectivity index (χ1) is 4.34. The van der Waals surface area contributed by atoms with Gasteiger partial charge in [-0.05, 0) is 0 Å². The number of hydrogen-bond acceptors (Lipinski definition) is 0. The van der Waals surface area contributed by atoms with Gasteiger partial charge in [-0.25, -0.2) is 0 Å². The average molecular weight is 209 g/mol. The van der Waals surface area contributed by atoms with Crippen molar-refractivity contribution in [1.82, 2.24) is 0 Å². The molecular weight excluding hydrogens is 197 g/mol. The van der Waals surface area contributed by atoms with Gasteiger partial charge >= 0.3 is 0 Å². The maximum Gasteiger partial charge on any atom is 0 e. The van der Waals surface area contributed by atoms with Crippen LogP contribution in [0.25, 0.3) is 0 Å². The van der Waals surface area contributed by atoms with Crippen molar-refractivity contribution in [3.05, 3.63) is 37.1 Å². The zero-order valence-corrected chi connectivity index (χ0v) is 9.11. The normalized spacial score (nSPS) is 15.7. The van der Waals surface area contributed by atoms with E-state index in [4.69, 9.17) is 0 Å². The van der Waals surface area contributed by atoms with E-state index >= 15 is 0 Å². The second-order valence-corrected chi connectivity index (χ2v) is 2.34. The molecule has 1 heteroatoms. The molecule has 0 saturated heterocycles. The van der Waals surface area contributed by atoms with Crippen LogP contribution in [0.5, 0.6) is 0 Å². The van der Waals surface area contributed by atoms with E-state index in [9.17, 15) is 0 Å². The van der Waals surface area contributed by atoms with Crippen LogP contribution in [-0.2, 0) is 32.7 Å². The third-order valence-electron chi connectivity index (χ3n) is 1.62. The van der Waals surface area contributed by atoms with Gasteiger partial charge in [0, 0.05) is 32.7 Å². The van der Waals surface area contributed by atoms with Gasteiger partial charge in [-0.2, -0.15) is 30.6 Å². The molecule has 1 aliphatic rings. The van der Waals surface area contributed by atoms with Crippen molar-refractivity contribution in [3.8, 4) is 0 Å². The van der Waals surface area contributed by atoms with Crippen LogP contribution in [0.1, 0.15) is 19.3 Å². The van der Waals surface area contributed by atoms with E-state index in [1.165, 1.54) is 11.1 Å². The summed E-state index contributed by atoms with van der Waals surface area (Å²) in [6.45, 7) is 7.70. The fourth-order valence-electron chi connectivity index (χ4n) is 1.07. The molecule has 1 radical (unpaired) electrons. The SMILES string of the molecule is [CH2-]CCC1=C([CH2-])C=CC1.[Y]. The van der Waals surface area contributed by atoms with Crippen molar-refractivity contribution in [2.45, 2.75) is 19.3 Å². The van der Waals surface area contributed by atoms with Crippen molar-refractivity contribution in [2.24, 2.45) is 0 Å². The molecule has 0 N–H and O–H groups in total. The molecule has 0 aromatic heterocycles. The molecule has 0 bridgehead atoms. The fraction of sp³-hybridized carbons (Fsp3) is 0.333. The molecule has 0 atom stereocenters. The Bertz CT molecular complexity index is 154. The molecule has 0 aliphatic heterocycles. The Morgan fingerprint density at radius 3 is 2.60 bits per heavy atom. The summed E-state index contributed by atoms with van der Waals surface area (Å²) in [6.07, 6.45) is 7.47. The summed E-state index contributed by atoms with van der Waals surface area (Å²) >= 11 is 0. The smallest absolute Gasteiger partial charge is 0 e. The first-order valence-electron chi connectivity index (χ1n) is 3.34. The Labute approximate surface area is 88.7 Å². The largest absolute Gasteiger partial charge is 0.344 e. The van der Waals surface area contributed by atoms with Crippen molar-refractivity contribution < 1.29 is 32.7 Å². The van der Waals surface area contributed by atoms with Crippen molar-refractivity contribution in [3.63, 3.8) is 0 Å². The van der Waals surface area contributed by atoms with Crippen LogP contribution in [0, 0.1) is 13.8 Å². The zero-order valence-electron chi connectivity index (χ0n) is 6.27. The molecule has 0 aromatic rings. The molecule has 1 aliphatic carbocycles. The maximum absolute atomic E-state index is 3.90. The van der Waals surface area contributed by atoms with Gasteiger partial charge < -0.3 is 6.92 Å². The number of allylic oxidation sites excluding steroid dienone is 4. The Hall–Kier alpha value is 0.454. The van der Waals surface area contributed by atoms with Crippen molar-refractivity contribution in [2.75, 3.05) is 0 Å². The minimum atomic E-state index is 0. The van der Waals surface area contributed by atoms with Gasteiger partial charge in [0.05, 0.1) is 0 Å². The molecule has 1 rings (SSSR count). The van der Waals surface area contributed by atoms with Crippen LogP contribution in [-0.4, -0.2) is 0 Å². The second-order valence-electron chi connectivity index (χ2n) is 2.34. The minimum Gasteiger partial charge on any atom is -0.344 e. The summed E-state index contributed by atoms with van der Waals surface area (Å²) in [6, 6.07) is 0. The molecule has 10 heavy (non-hydrogen) atoms. The summed E-state index contributed by atoms with van der Waals surface area (Å²) in [4.78, 5) is 0. The number of rotatable bonds is 2. The van der Waals surface area contributed by atoms with Gasteiger partial charge in [0.1, 0.15) is 0 Å². The van der Waals surface area contributed by atoms with Gasteiger partial charge in [0.25, 0.3) is 0 Å². The van der Waals surface area contributed by atoms with Crippen LogP contribution in [0.4, 0.5) is 0 Å². The van der Waals surface area contributed by atoms with Gasteiger partial charge in [-0.3, -0.25) is 0 Å². The Morgan fingerprint density at radius 2 is 2.20 bits per heavy atom. The monoisotopic (exact) mass is 209 g/mol. The molecule has 0 amide bonds. The van der Waals surface area contributed by atoms with Crippen molar-refractivity contribution >= 4 is 0 Å². The van der Waals surface area contributed by atoms with E-state index in [0.29, 0.717) is 0 Å². The molecule has 0 spiro atoms. The van der Waals surface area contributed by atoms with E-state index in [1.54, 1.807) is 0 Å². The van der Waals surface area contributed by atoms with Gasteiger partial charge in [0.2, 0.25) is 0 Å². The van der Waals surface area contributed by atoms with Crippen LogP contribution in [0.3, 0.4) is 0 Å². The van der Waals surface area contributed by atoms with E-state index in [2.05, 4.69) is 26.0 Å². The third kappa shape index (κ3) is 2.59. The third-order valence-corrected chi connectivity index (χ3v) is 1.62. The predicted octanol–water partition coefficient (Wildman–Crippen LogP) is 2.69. The molecule has 0 heterocycles. The first-order valence-corrected chi connectivity index (χ1v) is 3.34. The summed E-state index contributed by atoms with van der Waals surface area (Å²) in [7, 11) is 0. The van der Waals surface area contributed by atoms with Gasteiger partial charge in [-0.1, -0.05) is 6.42 Å². The Morgan fingerprint density at radius 1 is 1.50 bits per heavy atom. The quantitative estimate of drug-likeness (QED) is 0.613. The second kappa shape index (κ2) is 5.15. The molecule has 0 unspecified atom stereocenters. The summed E-state index contributed by atoms with van der Waals surface area (Å²) in [5.41, 5.74) is 2.67. The van der Waals surface area contributed by atoms with Gasteiger partial charge in [-0.15, -0.1) is 12.5 Å². The fourth-order valence-corrected chi connectivity index (χ4v) is 1.07. The standard InChI is InChI=1S/C9H12.Y/c1-3-5-9-7-4-6-8(9)2;/h4,6H,1-3,5,7H2;/q-2;. The molecule has 0 aromatic carbocycles. The summed E-state index contributed by atoms with van der Waals surface area (Å²) in [5.74, 6) is 0. The topological polar surface area (TPSA) is 0 Å².